The Morgan fingerprint density at radius 3 is 2.83 bits per heavy atom. The van der Waals surface area contributed by atoms with E-state index in [-0.39, 0.29) is 12.6 Å². The molecule has 1 fully saturated rings. The summed E-state index contributed by atoms with van der Waals surface area (Å²) in [6, 6.07) is 7.98. The van der Waals surface area contributed by atoms with E-state index in [9.17, 15) is 5.11 Å². The van der Waals surface area contributed by atoms with E-state index in [4.69, 9.17) is 0 Å². The van der Waals surface area contributed by atoms with E-state index >= 15 is 0 Å². The van der Waals surface area contributed by atoms with Gasteiger partial charge in [-0.05, 0) is 45.4 Å². The number of rotatable bonds is 5. The van der Waals surface area contributed by atoms with Crippen LogP contribution in [0.15, 0.2) is 24.3 Å². The molecule has 3 rings (SSSR count). The van der Waals surface area contributed by atoms with Gasteiger partial charge in [-0.3, -0.25) is 4.90 Å². The van der Waals surface area contributed by atoms with E-state index in [0.717, 1.165) is 48.2 Å². The Morgan fingerprint density at radius 2 is 2.04 bits per heavy atom. The van der Waals surface area contributed by atoms with Crippen molar-refractivity contribution in [3.63, 3.8) is 0 Å². The van der Waals surface area contributed by atoms with Crippen molar-refractivity contribution in [3.05, 3.63) is 41.5 Å². The Kier molecular flexibility index (Phi) is 4.83. The number of aliphatic hydroxyl groups excluding tert-OH is 1. The summed E-state index contributed by atoms with van der Waals surface area (Å²) in [6.45, 7) is 5.77. The number of anilines is 2. The summed E-state index contributed by atoms with van der Waals surface area (Å²) >= 11 is 0. The second kappa shape index (κ2) is 7.02. The van der Waals surface area contributed by atoms with Gasteiger partial charge in [0.25, 0.3) is 0 Å². The molecule has 0 aliphatic carbocycles. The molecule has 122 valence electrons. The molecule has 0 amide bonds. The van der Waals surface area contributed by atoms with Gasteiger partial charge in [-0.25, -0.2) is 15.0 Å². The number of β-amino-alcohol motifs (C(OH)–C–C–N with tert-alkyl or cyclic N) is 1. The molecule has 1 aliphatic heterocycles. The summed E-state index contributed by atoms with van der Waals surface area (Å²) in [5.41, 5.74) is 1.90. The summed E-state index contributed by atoms with van der Waals surface area (Å²) < 4.78 is 0. The first-order valence-corrected chi connectivity index (χ1v) is 8.07. The summed E-state index contributed by atoms with van der Waals surface area (Å²) in [6.07, 6.45) is 2.15. The van der Waals surface area contributed by atoms with E-state index in [1.165, 1.54) is 0 Å². The lowest BCUT2D eigenvalue weighted by Crippen LogP contribution is -2.27. The highest BCUT2D eigenvalue weighted by molar-refractivity contribution is 5.52. The molecule has 2 aromatic heterocycles. The zero-order valence-electron chi connectivity index (χ0n) is 13.7. The first kappa shape index (κ1) is 15.8. The van der Waals surface area contributed by atoms with Crippen LogP contribution in [0.5, 0.6) is 0 Å². The molecule has 6 heteroatoms. The van der Waals surface area contributed by atoms with Crippen molar-refractivity contribution in [1.29, 1.82) is 0 Å². The largest absolute Gasteiger partial charge is 0.395 e. The van der Waals surface area contributed by atoms with Crippen LogP contribution in [0.1, 0.15) is 36.1 Å². The van der Waals surface area contributed by atoms with Gasteiger partial charge in [0.2, 0.25) is 0 Å². The summed E-state index contributed by atoms with van der Waals surface area (Å²) in [5.74, 6) is 2.38. The third-order valence-electron chi connectivity index (χ3n) is 4.06. The average molecular weight is 313 g/mol. The van der Waals surface area contributed by atoms with Gasteiger partial charge in [0.05, 0.1) is 12.6 Å². The molecule has 0 bridgehead atoms. The summed E-state index contributed by atoms with van der Waals surface area (Å²) in [5, 5.41) is 12.5. The minimum Gasteiger partial charge on any atom is -0.395 e. The molecule has 3 heterocycles. The third-order valence-corrected chi connectivity index (χ3v) is 4.06. The van der Waals surface area contributed by atoms with Crippen LogP contribution in [0.3, 0.4) is 0 Å². The van der Waals surface area contributed by atoms with Crippen LogP contribution in [0.2, 0.25) is 0 Å². The van der Waals surface area contributed by atoms with Crippen molar-refractivity contribution < 1.29 is 5.11 Å². The second-order valence-corrected chi connectivity index (χ2v) is 5.96. The van der Waals surface area contributed by atoms with Gasteiger partial charge in [-0.15, -0.1) is 0 Å². The fraction of sp³-hybridized carbons (Fsp3) is 0.471. The normalized spacial score (nSPS) is 18.3. The maximum atomic E-state index is 9.22. The highest BCUT2D eigenvalue weighted by atomic mass is 16.3. The zero-order valence-corrected chi connectivity index (χ0v) is 13.7. The van der Waals surface area contributed by atoms with Crippen molar-refractivity contribution in [1.82, 2.24) is 19.9 Å². The minimum absolute atomic E-state index is 0.167. The first-order chi connectivity index (χ1) is 11.2. The number of likely N-dealkylation sites (tertiary alicyclic amines) is 1. The van der Waals surface area contributed by atoms with Crippen LogP contribution in [-0.2, 0) is 0 Å². The van der Waals surface area contributed by atoms with Gasteiger partial charge in [0, 0.05) is 24.0 Å². The molecule has 1 unspecified atom stereocenters. The van der Waals surface area contributed by atoms with Gasteiger partial charge < -0.3 is 10.4 Å². The van der Waals surface area contributed by atoms with E-state index in [0.29, 0.717) is 6.54 Å². The maximum Gasteiger partial charge on any atom is 0.148 e. The Bertz CT molecular complexity index is 676. The SMILES string of the molecule is Cc1cccc(Nc2cc(C)nc(C3CCCN3CCO)n2)n1. The highest BCUT2D eigenvalue weighted by Crippen LogP contribution is 2.30. The predicted molar refractivity (Wildman–Crippen MR) is 89.7 cm³/mol. The predicted octanol–water partition coefficient (Wildman–Crippen LogP) is 2.36. The molecule has 0 saturated carbocycles. The first-order valence-electron chi connectivity index (χ1n) is 8.07. The molecule has 0 spiro atoms. The lowest BCUT2D eigenvalue weighted by Gasteiger charge is -2.22. The molecule has 23 heavy (non-hydrogen) atoms. The number of nitrogens with one attached hydrogen (secondary N) is 1. The Morgan fingerprint density at radius 1 is 1.17 bits per heavy atom. The number of aliphatic hydroxyl groups is 1. The van der Waals surface area contributed by atoms with Crippen molar-refractivity contribution >= 4 is 11.6 Å². The number of nitrogens with zero attached hydrogens (tertiary/aromatic N) is 4. The fourth-order valence-corrected chi connectivity index (χ4v) is 3.06. The third kappa shape index (κ3) is 3.83. The minimum atomic E-state index is 0.167. The molecule has 1 saturated heterocycles. The Hall–Kier alpha value is -2.05. The number of hydrogen-bond acceptors (Lipinski definition) is 6. The van der Waals surface area contributed by atoms with Crippen LogP contribution >= 0.6 is 0 Å². The quantitative estimate of drug-likeness (QED) is 0.883. The molecule has 1 aliphatic rings. The lowest BCUT2D eigenvalue weighted by molar-refractivity contribution is 0.181. The van der Waals surface area contributed by atoms with Crippen LogP contribution in [0, 0.1) is 13.8 Å². The zero-order chi connectivity index (χ0) is 16.2. The van der Waals surface area contributed by atoms with E-state index in [2.05, 4.69) is 25.2 Å². The fourth-order valence-electron chi connectivity index (χ4n) is 3.06. The summed E-state index contributed by atoms with van der Waals surface area (Å²) in [7, 11) is 0. The second-order valence-electron chi connectivity index (χ2n) is 5.96. The van der Waals surface area contributed by atoms with E-state index < -0.39 is 0 Å². The van der Waals surface area contributed by atoms with Crippen LogP contribution in [0.25, 0.3) is 0 Å². The van der Waals surface area contributed by atoms with Crippen molar-refractivity contribution in [3.8, 4) is 0 Å². The highest BCUT2D eigenvalue weighted by Gasteiger charge is 2.28. The topological polar surface area (TPSA) is 74.2 Å². The maximum absolute atomic E-state index is 9.22. The monoisotopic (exact) mass is 313 g/mol. The van der Waals surface area contributed by atoms with Crippen molar-refractivity contribution in [2.45, 2.75) is 32.7 Å². The van der Waals surface area contributed by atoms with Gasteiger partial charge in [-0.2, -0.15) is 0 Å². The molecule has 0 radical (unpaired) electrons. The number of pyridine rings is 1. The van der Waals surface area contributed by atoms with Crippen LogP contribution in [0.4, 0.5) is 11.6 Å². The smallest absolute Gasteiger partial charge is 0.148 e. The molecule has 2 N–H and O–H groups in total. The van der Waals surface area contributed by atoms with Crippen LogP contribution in [-0.4, -0.2) is 44.7 Å². The molecular weight excluding hydrogens is 290 g/mol. The number of aromatic nitrogens is 3. The molecule has 0 aromatic carbocycles. The molecule has 2 aromatic rings. The number of hydrogen-bond donors (Lipinski definition) is 2. The van der Waals surface area contributed by atoms with Crippen molar-refractivity contribution in [2.24, 2.45) is 0 Å². The number of aryl methyl sites for hydroxylation is 2. The van der Waals surface area contributed by atoms with Gasteiger partial charge in [0.1, 0.15) is 17.5 Å². The van der Waals surface area contributed by atoms with Crippen LogP contribution < -0.4 is 5.32 Å². The summed E-state index contributed by atoms with van der Waals surface area (Å²) in [4.78, 5) is 16.0. The molecule has 1 atom stereocenters. The van der Waals surface area contributed by atoms with Gasteiger partial charge in [-0.1, -0.05) is 6.07 Å². The lowest BCUT2D eigenvalue weighted by atomic mass is 10.2. The molecular formula is C17H23N5O. The van der Waals surface area contributed by atoms with Gasteiger partial charge >= 0.3 is 0 Å². The molecule has 6 nitrogen and oxygen atoms in total. The van der Waals surface area contributed by atoms with Gasteiger partial charge in [0.15, 0.2) is 0 Å². The average Bonchev–Trinajstić information content (AvgIpc) is 2.95. The standard InChI is InChI=1S/C17H23N5O/c1-12-5-3-7-15(18-12)20-16-11-13(2)19-17(21-16)14-6-4-8-22(14)9-10-23/h3,5,7,11,14,23H,4,6,8-10H2,1-2H3,(H,18,19,20,21). The Balaban J connectivity index is 1.84. The van der Waals surface area contributed by atoms with E-state index in [1.54, 1.807) is 0 Å². The van der Waals surface area contributed by atoms with Crippen molar-refractivity contribution in [2.75, 3.05) is 25.0 Å². The van der Waals surface area contributed by atoms with E-state index in [1.807, 2.05) is 38.1 Å². The Labute approximate surface area is 136 Å².